The minimum absolute atomic E-state index is 0.145. The highest BCUT2D eigenvalue weighted by Gasteiger charge is 2.30. The number of fused-ring (bicyclic) bond motifs is 1. The molecule has 1 aliphatic rings. The molecule has 3 aromatic rings. The molecule has 24 heavy (non-hydrogen) atoms. The van der Waals surface area contributed by atoms with Gasteiger partial charge < -0.3 is 9.72 Å². The van der Waals surface area contributed by atoms with Crippen LogP contribution >= 0.6 is 11.6 Å². The first-order valence-electron chi connectivity index (χ1n) is 7.85. The SMILES string of the molecule is O=C(NC1CC1)C(=O)c1c(-c2ccc(Cl)cc2)cc2ccccn12. The Morgan fingerprint density at radius 3 is 2.54 bits per heavy atom. The van der Waals surface area contributed by atoms with Crippen LogP contribution in [0.3, 0.4) is 0 Å². The smallest absolute Gasteiger partial charge is 0.294 e. The molecule has 1 saturated carbocycles. The van der Waals surface area contributed by atoms with Crippen molar-refractivity contribution < 1.29 is 9.59 Å². The summed E-state index contributed by atoms with van der Waals surface area (Å²) in [6.07, 6.45) is 3.68. The number of nitrogens with zero attached hydrogens (tertiary/aromatic N) is 1. The number of hydrogen-bond donors (Lipinski definition) is 1. The Labute approximate surface area is 144 Å². The summed E-state index contributed by atoms with van der Waals surface area (Å²) in [7, 11) is 0. The second-order valence-electron chi connectivity index (χ2n) is 5.99. The van der Waals surface area contributed by atoms with Gasteiger partial charge in [-0.1, -0.05) is 29.8 Å². The normalized spacial score (nSPS) is 13.9. The highest BCUT2D eigenvalue weighted by molar-refractivity contribution is 6.43. The zero-order chi connectivity index (χ0) is 16.7. The van der Waals surface area contributed by atoms with Crippen LogP contribution in [0.25, 0.3) is 16.6 Å². The number of carbonyl (C=O) groups is 2. The Balaban J connectivity index is 1.84. The van der Waals surface area contributed by atoms with Gasteiger partial charge in [0.25, 0.3) is 11.7 Å². The molecule has 1 amide bonds. The number of halogens is 1. The van der Waals surface area contributed by atoms with Crippen molar-refractivity contribution in [3.63, 3.8) is 0 Å². The minimum Gasteiger partial charge on any atom is -0.346 e. The minimum atomic E-state index is -0.545. The fourth-order valence-electron chi connectivity index (χ4n) is 2.79. The molecule has 1 aromatic carbocycles. The lowest BCUT2D eigenvalue weighted by molar-refractivity contribution is -0.117. The third-order valence-corrected chi connectivity index (χ3v) is 4.42. The van der Waals surface area contributed by atoms with Crippen molar-refractivity contribution in [2.75, 3.05) is 0 Å². The molecule has 120 valence electrons. The molecule has 2 heterocycles. The van der Waals surface area contributed by atoms with E-state index < -0.39 is 11.7 Å². The standard InChI is InChI=1S/C19H15ClN2O2/c20-13-6-4-12(5-7-13)16-11-15-3-1-2-10-22(15)17(16)18(23)19(24)21-14-8-9-14/h1-7,10-11,14H,8-9H2,(H,21,24). The first-order valence-corrected chi connectivity index (χ1v) is 8.22. The summed E-state index contributed by atoms with van der Waals surface area (Å²) in [4.78, 5) is 25.1. The van der Waals surface area contributed by atoms with Gasteiger partial charge in [-0.2, -0.15) is 0 Å². The third-order valence-electron chi connectivity index (χ3n) is 4.17. The van der Waals surface area contributed by atoms with E-state index in [1.54, 1.807) is 22.7 Å². The molecule has 4 rings (SSSR count). The number of rotatable bonds is 4. The van der Waals surface area contributed by atoms with Gasteiger partial charge in [-0.25, -0.2) is 0 Å². The summed E-state index contributed by atoms with van der Waals surface area (Å²) >= 11 is 5.96. The molecular weight excluding hydrogens is 324 g/mol. The van der Waals surface area contributed by atoms with E-state index in [2.05, 4.69) is 5.32 Å². The lowest BCUT2D eigenvalue weighted by atomic mass is 10.0. The van der Waals surface area contributed by atoms with E-state index in [9.17, 15) is 9.59 Å². The van der Waals surface area contributed by atoms with Crippen LogP contribution in [0.5, 0.6) is 0 Å². The molecule has 0 atom stereocenters. The van der Waals surface area contributed by atoms with Crippen LogP contribution < -0.4 is 5.32 Å². The zero-order valence-electron chi connectivity index (χ0n) is 12.8. The number of pyridine rings is 1. The van der Waals surface area contributed by atoms with Gasteiger partial charge in [0.2, 0.25) is 0 Å². The predicted octanol–water partition coefficient (Wildman–Crippen LogP) is 3.72. The van der Waals surface area contributed by atoms with E-state index in [1.165, 1.54) is 0 Å². The maximum atomic E-state index is 12.8. The Morgan fingerprint density at radius 1 is 1.08 bits per heavy atom. The number of Topliss-reactive ketones (excluding diaryl/α,β-unsaturated/α-hetero) is 1. The largest absolute Gasteiger partial charge is 0.346 e. The van der Waals surface area contributed by atoms with Crippen molar-refractivity contribution in [3.05, 3.63) is 65.4 Å². The molecule has 0 bridgehead atoms. The van der Waals surface area contributed by atoms with Crippen LogP contribution in [0.15, 0.2) is 54.7 Å². The molecule has 1 N–H and O–H groups in total. The Kier molecular flexibility index (Phi) is 3.62. The van der Waals surface area contributed by atoms with Gasteiger partial charge >= 0.3 is 0 Å². The van der Waals surface area contributed by atoms with Gasteiger partial charge in [0.1, 0.15) is 5.69 Å². The van der Waals surface area contributed by atoms with Gasteiger partial charge in [0, 0.05) is 28.3 Å². The van der Waals surface area contributed by atoms with Gasteiger partial charge in [-0.05, 0) is 48.7 Å². The van der Waals surface area contributed by atoms with E-state index in [0.29, 0.717) is 10.7 Å². The number of amides is 1. The van der Waals surface area contributed by atoms with Crippen molar-refractivity contribution in [1.82, 2.24) is 9.72 Å². The van der Waals surface area contributed by atoms with Crippen molar-refractivity contribution >= 4 is 28.8 Å². The van der Waals surface area contributed by atoms with Crippen LogP contribution in [-0.4, -0.2) is 22.1 Å². The number of benzene rings is 1. The maximum Gasteiger partial charge on any atom is 0.294 e. The van der Waals surface area contributed by atoms with Crippen molar-refractivity contribution in [2.45, 2.75) is 18.9 Å². The number of ketones is 1. The molecule has 5 heteroatoms. The number of aromatic nitrogens is 1. The second kappa shape index (κ2) is 5.80. The van der Waals surface area contributed by atoms with Crippen molar-refractivity contribution in [1.29, 1.82) is 0 Å². The highest BCUT2D eigenvalue weighted by atomic mass is 35.5. The van der Waals surface area contributed by atoms with Crippen LogP contribution in [0, 0.1) is 0 Å². The van der Waals surface area contributed by atoms with E-state index in [4.69, 9.17) is 11.6 Å². The quantitative estimate of drug-likeness (QED) is 0.582. The van der Waals surface area contributed by atoms with E-state index in [0.717, 1.165) is 29.5 Å². The molecule has 0 aliphatic heterocycles. The predicted molar refractivity (Wildman–Crippen MR) is 93.3 cm³/mol. The monoisotopic (exact) mass is 338 g/mol. The number of carbonyl (C=O) groups excluding carboxylic acids is 2. The van der Waals surface area contributed by atoms with E-state index in [1.807, 2.05) is 36.4 Å². The molecule has 2 aromatic heterocycles. The molecular formula is C19H15ClN2O2. The summed E-state index contributed by atoms with van der Waals surface area (Å²) in [6, 6.07) is 15.0. The first kappa shape index (κ1) is 15.0. The van der Waals surface area contributed by atoms with Crippen molar-refractivity contribution in [3.8, 4) is 11.1 Å². The number of hydrogen-bond acceptors (Lipinski definition) is 2. The third kappa shape index (κ3) is 2.69. The summed E-state index contributed by atoms with van der Waals surface area (Å²) < 4.78 is 1.76. The van der Waals surface area contributed by atoms with E-state index >= 15 is 0 Å². The lowest BCUT2D eigenvalue weighted by Crippen LogP contribution is -2.33. The zero-order valence-corrected chi connectivity index (χ0v) is 13.6. The molecule has 0 saturated heterocycles. The van der Waals surface area contributed by atoms with Crippen LogP contribution in [0.4, 0.5) is 0 Å². The molecule has 0 radical (unpaired) electrons. The molecule has 1 fully saturated rings. The van der Waals surface area contributed by atoms with E-state index in [-0.39, 0.29) is 6.04 Å². The van der Waals surface area contributed by atoms with Crippen LogP contribution in [0.1, 0.15) is 23.3 Å². The lowest BCUT2D eigenvalue weighted by Gasteiger charge is -2.07. The fraction of sp³-hybridized carbons (Fsp3) is 0.158. The van der Waals surface area contributed by atoms with Gasteiger partial charge in [-0.3, -0.25) is 9.59 Å². The Morgan fingerprint density at radius 2 is 1.83 bits per heavy atom. The van der Waals surface area contributed by atoms with Gasteiger partial charge in [0.05, 0.1) is 0 Å². The summed E-state index contributed by atoms with van der Waals surface area (Å²) in [5.74, 6) is -1.06. The number of nitrogens with one attached hydrogen (secondary N) is 1. The first-order chi connectivity index (χ1) is 11.6. The summed E-state index contributed by atoms with van der Waals surface area (Å²) in [5, 5.41) is 3.40. The summed E-state index contributed by atoms with van der Waals surface area (Å²) in [6.45, 7) is 0. The molecule has 1 aliphatic carbocycles. The fourth-order valence-corrected chi connectivity index (χ4v) is 2.92. The Bertz CT molecular complexity index is 940. The molecule has 4 nitrogen and oxygen atoms in total. The van der Waals surface area contributed by atoms with Crippen molar-refractivity contribution in [2.24, 2.45) is 0 Å². The topological polar surface area (TPSA) is 50.6 Å². The van der Waals surface area contributed by atoms with Gasteiger partial charge in [0.15, 0.2) is 0 Å². The highest BCUT2D eigenvalue weighted by Crippen LogP contribution is 2.29. The van der Waals surface area contributed by atoms with Gasteiger partial charge in [-0.15, -0.1) is 0 Å². The molecule has 0 unspecified atom stereocenters. The van der Waals surface area contributed by atoms with Crippen LogP contribution in [0.2, 0.25) is 5.02 Å². The second-order valence-corrected chi connectivity index (χ2v) is 6.42. The average Bonchev–Trinajstić information content (AvgIpc) is 3.32. The Hall–Kier alpha value is -2.59. The molecule has 0 spiro atoms. The summed E-state index contributed by atoms with van der Waals surface area (Å²) in [5.41, 5.74) is 2.83. The maximum absolute atomic E-state index is 12.8. The average molecular weight is 339 g/mol. The van der Waals surface area contributed by atoms with Crippen LogP contribution in [-0.2, 0) is 4.79 Å².